The van der Waals surface area contributed by atoms with Crippen molar-refractivity contribution in [3.63, 3.8) is 0 Å². The Morgan fingerprint density at radius 1 is 1.00 bits per heavy atom. The van der Waals surface area contributed by atoms with E-state index in [9.17, 15) is 0 Å². The molecule has 0 fully saturated rings. The molecule has 0 saturated heterocycles. The van der Waals surface area contributed by atoms with E-state index in [-0.39, 0.29) is 120 Å². The van der Waals surface area contributed by atoms with Gasteiger partial charge in [0.2, 0.25) is 0 Å². The summed E-state index contributed by atoms with van der Waals surface area (Å²) in [5.41, 5.74) is 0. The molecule has 0 N–H and O–H groups in total. The second kappa shape index (κ2) is 24.5. The van der Waals surface area contributed by atoms with E-state index in [1.54, 1.807) is 0 Å². The zero-order chi connectivity index (χ0) is 0. The molecule has 0 saturated carbocycles. The second-order valence-corrected chi connectivity index (χ2v) is 0. The molecule has 0 rings (SSSR count). The molecule has 0 aromatic carbocycles. The Kier molecular flexibility index (Phi) is 176. The predicted molar refractivity (Wildman–Crippen MR) is 27.0 cm³/mol. The van der Waals surface area contributed by atoms with Gasteiger partial charge >= 0.3 is 75.6 Å². The second-order valence-electron chi connectivity index (χ2n) is 0. The molecule has 0 spiro atoms. The predicted octanol–water partition coefficient (Wildman–Crippen LogP) is -3.02. The molecule has 6 radical (unpaired) electrons. The molecule has 0 aromatic heterocycles. The average Bonchev–Trinajstić information content (AvgIpc) is 0. The Labute approximate surface area is 118 Å². The third kappa shape index (κ3) is 18.0. The van der Waals surface area contributed by atoms with Crippen molar-refractivity contribution in [3.8, 4) is 0 Å². The Morgan fingerprint density at radius 2 is 1.00 bits per heavy atom. The minimum absolute atomic E-state index is 0. The van der Waals surface area contributed by atoms with E-state index in [0.717, 1.165) is 0 Å². The van der Waals surface area contributed by atoms with E-state index in [2.05, 4.69) is 0 Å². The Morgan fingerprint density at radius 3 is 1.00 bits per heavy atom. The van der Waals surface area contributed by atoms with Crippen molar-refractivity contribution in [1.29, 1.82) is 0 Å². The third-order valence-electron chi connectivity index (χ3n) is 0. The van der Waals surface area contributed by atoms with E-state index in [0.29, 0.717) is 0 Å². The van der Waals surface area contributed by atoms with Gasteiger partial charge in [-0.25, -0.2) is 0 Å². The summed E-state index contributed by atoms with van der Waals surface area (Å²) in [6.07, 6.45) is 0. The molecule has 0 aliphatic heterocycles. The molecule has 0 atom stereocenters. The minimum atomic E-state index is 0. The molecule has 0 nitrogen and oxygen atoms in total. The van der Waals surface area contributed by atoms with Crippen molar-refractivity contribution in [2.45, 2.75) is 0 Å². The first-order valence-corrected chi connectivity index (χ1v) is 0. The van der Waals surface area contributed by atoms with Crippen LogP contribution in [0.5, 0.6) is 0 Å². The van der Waals surface area contributed by atoms with Gasteiger partial charge in [0, 0.05) is 44.8 Å². The first kappa shape index (κ1) is 35.9. The van der Waals surface area contributed by atoms with Gasteiger partial charge in [-0.2, -0.15) is 0 Å². The molecule has 0 unspecified atom stereocenters. The molecule has 0 bridgehead atoms. The van der Waals surface area contributed by atoms with Crippen molar-refractivity contribution in [1.82, 2.24) is 0 Å². The normalized spacial score (nSPS) is 0. The molecule has 0 aliphatic carbocycles. The topological polar surface area (TPSA) is 0 Å². The maximum atomic E-state index is 0. The van der Waals surface area contributed by atoms with Crippen molar-refractivity contribution >= 4 is 75.6 Å². The van der Waals surface area contributed by atoms with Crippen LogP contribution in [0.25, 0.3) is 0 Å². The maximum absolute atomic E-state index is 0. The first-order valence-electron chi connectivity index (χ1n) is 0. The van der Waals surface area contributed by atoms with Crippen molar-refractivity contribution in [3.05, 3.63) is 0 Å². The molecule has 0 aliphatic rings. The molecule has 0 heterocycles. The van der Waals surface area contributed by atoms with E-state index in [4.69, 9.17) is 0 Å². The van der Waals surface area contributed by atoms with E-state index in [1.165, 1.54) is 0 Å². The molecule has 42 valence electrons. The van der Waals surface area contributed by atoms with Crippen molar-refractivity contribution in [2.24, 2.45) is 0 Å². The fraction of sp³-hybridized carbons (Fsp3) is 0. The number of rotatable bonds is 0. The summed E-state index contributed by atoms with van der Waals surface area (Å²) in [6, 6.07) is 0. The zero-order valence-electron chi connectivity index (χ0n) is 2.72. The van der Waals surface area contributed by atoms with Crippen LogP contribution in [0.2, 0.25) is 0 Å². The summed E-state index contributed by atoms with van der Waals surface area (Å²) in [7, 11) is 0. The summed E-state index contributed by atoms with van der Waals surface area (Å²) >= 11 is 0. The van der Waals surface area contributed by atoms with E-state index in [1.807, 2.05) is 0 Å². The molecular weight excluding hydrogens is 753 g/mol. The van der Waals surface area contributed by atoms with Crippen molar-refractivity contribution in [2.75, 3.05) is 0 Å². The monoisotopic (exact) mass is 760 g/mol. The summed E-state index contributed by atoms with van der Waals surface area (Å²) in [5.74, 6) is 0. The van der Waals surface area contributed by atoms with Crippen molar-refractivity contribution < 1.29 is 44.8 Å². The van der Waals surface area contributed by atoms with Gasteiger partial charge in [-0.15, -0.1) is 0 Å². The van der Waals surface area contributed by atoms with Crippen LogP contribution in [0.1, 0.15) is 0 Å². The summed E-state index contributed by atoms with van der Waals surface area (Å²) in [5, 5.41) is 0. The van der Waals surface area contributed by atoms with Gasteiger partial charge < -0.3 is 0 Å². The van der Waals surface area contributed by atoms with Crippen LogP contribution in [0, 0.1) is 0 Å². The molecular formula is H7AgAuPbSbSn. The van der Waals surface area contributed by atoms with Crippen LogP contribution in [0.4, 0.5) is 0 Å². The van der Waals surface area contributed by atoms with Crippen LogP contribution in [0.15, 0.2) is 0 Å². The fourth-order valence-corrected chi connectivity index (χ4v) is 0. The summed E-state index contributed by atoms with van der Waals surface area (Å²) in [6.45, 7) is 0. The van der Waals surface area contributed by atoms with Gasteiger partial charge in [0.1, 0.15) is 0 Å². The van der Waals surface area contributed by atoms with Gasteiger partial charge in [-0.1, -0.05) is 0 Å². The zero-order valence-corrected chi connectivity index (χ0v) is 19.9. The van der Waals surface area contributed by atoms with Crippen LogP contribution in [-0.2, 0) is 44.8 Å². The average molecular weight is 760 g/mol. The molecule has 5 heteroatoms. The Hall–Kier alpha value is 4.02. The first-order chi connectivity index (χ1) is 0. The van der Waals surface area contributed by atoms with Gasteiger partial charge in [-0.3, -0.25) is 0 Å². The van der Waals surface area contributed by atoms with Gasteiger partial charge in [0.05, 0.1) is 0 Å². The van der Waals surface area contributed by atoms with Crippen LogP contribution in [0.3, 0.4) is 0 Å². The third-order valence-corrected chi connectivity index (χ3v) is 0. The summed E-state index contributed by atoms with van der Waals surface area (Å²) in [4.78, 5) is 0. The quantitative estimate of drug-likeness (QED) is 0.231. The number of hydrogen-bond acceptors (Lipinski definition) is 0. The number of hydrogen-bond donors (Lipinski definition) is 0. The molecule has 5 heavy (non-hydrogen) atoms. The van der Waals surface area contributed by atoms with Gasteiger partial charge in [0.25, 0.3) is 0 Å². The Bertz CT molecular complexity index is 11.6. The Balaban J connectivity index is 0. The summed E-state index contributed by atoms with van der Waals surface area (Å²) < 4.78 is 0. The SMILES string of the molecule is [Ag].[Au].[PbH2].[SbH3].[SnH2]. The molecule has 0 aromatic rings. The van der Waals surface area contributed by atoms with Gasteiger partial charge in [0.15, 0.2) is 0 Å². The van der Waals surface area contributed by atoms with Crippen LogP contribution in [-0.4, -0.2) is 75.6 Å². The van der Waals surface area contributed by atoms with Crippen LogP contribution < -0.4 is 0 Å². The standard InChI is InChI=1S/Ag.Au.Pb.Sb.Sn.7H. The van der Waals surface area contributed by atoms with Crippen LogP contribution >= 0.6 is 0 Å². The van der Waals surface area contributed by atoms with Gasteiger partial charge in [-0.05, 0) is 0 Å². The fourth-order valence-electron chi connectivity index (χ4n) is 0. The van der Waals surface area contributed by atoms with E-state index >= 15 is 0 Å². The molecule has 0 amide bonds. The van der Waals surface area contributed by atoms with E-state index < -0.39 is 0 Å².